The largest absolute Gasteiger partial charge is 0.494 e. The van der Waals surface area contributed by atoms with Gasteiger partial charge in [-0.1, -0.05) is 33.1 Å². The van der Waals surface area contributed by atoms with Gasteiger partial charge in [0.15, 0.2) is 0 Å². The highest BCUT2D eigenvalue weighted by atomic mass is 16.5. The second-order valence-electron chi connectivity index (χ2n) is 6.06. The number of anilines is 2. The standard InChI is InChI=1S/C21H30N2O2/c1-3-5-7-17-25-21-14-10-19(11-15-21)23-22-18-8-12-20(13-9-18)24-16-6-4-2/h8-15,22-23H,3-7,16-17H2,1-2H3. The van der Waals surface area contributed by atoms with Crippen molar-refractivity contribution in [3.8, 4) is 11.5 Å². The van der Waals surface area contributed by atoms with Gasteiger partial charge in [0, 0.05) is 0 Å². The van der Waals surface area contributed by atoms with Crippen LogP contribution < -0.4 is 20.3 Å². The third-order valence-corrected chi connectivity index (χ3v) is 3.84. The van der Waals surface area contributed by atoms with Crippen LogP contribution in [0.5, 0.6) is 11.5 Å². The van der Waals surface area contributed by atoms with E-state index in [4.69, 9.17) is 9.47 Å². The van der Waals surface area contributed by atoms with E-state index in [9.17, 15) is 0 Å². The zero-order valence-corrected chi connectivity index (χ0v) is 15.4. The van der Waals surface area contributed by atoms with Crippen molar-refractivity contribution < 1.29 is 9.47 Å². The number of hydrogen-bond acceptors (Lipinski definition) is 4. The molecule has 0 saturated heterocycles. The fourth-order valence-electron chi connectivity index (χ4n) is 2.29. The predicted octanol–water partition coefficient (Wildman–Crippen LogP) is 5.87. The number of hydrogen-bond donors (Lipinski definition) is 2. The van der Waals surface area contributed by atoms with Gasteiger partial charge in [0.1, 0.15) is 11.5 Å². The van der Waals surface area contributed by atoms with Crippen molar-refractivity contribution in [2.75, 3.05) is 24.1 Å². The Morgan fingerprint density at radius 2 is 1.04 bits per heavy atom. The Hall–Kier alpha value is -2.36. The van der Waals surface area contributed by atoms with Crippen LogP contribution in [-0.2, 0) is 0 Å². The Labute approximate surface area is 151 Å². The van der Waals surface area contributed by atoms with Gasteiger partial charge in [-0.25, -0.2) is 0 Å². The van der Waals surface area contributed by atoms with E-state index in [1.165, 1.54) is 12.8 Å². The molecule has 4 nitrogen and oxygen atoms in total. The van der Waals surface area contributed by atoms with Crippen molar-refractivity contribution in [1.82, 2.24) is 0 Å². The van der Waals surface area contributed by atoms with Crippen LogP contribution in [0.2, 0.25) is 0 Å². The molecule has 2 N–H and O–H groups in total. The second-order valence-corrected chi connectivity index (χ2v) is 6.06. The minimum absolute atomic E-state index is 0.772. The van der Waals surface area contributed by atoms with Crippen LogP contribution in [0.4, 0.5) is 11.4 Å². The van der Waals surface area contributed by atoms with E-state index >= 15 is 0 Å². The minimum atomic E-state index is 0.772. The van der Waals surface area contributed by atoms with E-state index in [0.29, 0.717) is 0 Å². The smallest absolute Gasteiger partial charge is 0.119 e. The first-order valence-corrected chi connectivity index (χ1v) is 9.29. The predicted molar refractivity (Wildman–Crippen MR) is 106 cm³/mol. The normalized spacial score (nSPS) is 10.3. The van der Waals surface area contributed by atoms with Crippen molar-refractivity contribution in [3.05, 3.63) is 48.5 Å². The van der Waals surface area contributed by atoms with E-state index < -0.39 is 0 Å². The number of nitrogens with one attached hydrogen (secondary N) is 2. The summed E-state index contributed by atoms with van der Waals surface area (Å²) in [7, 11) is 0. The Kier molecular flexibility index (Phi) is 8.53. The highest BCUT2D eigenvalue weighted by Gasteiger charge is 1.98. The molecule has 0 aliphatic carbocycles. The van der Waals surface area contributed by atoms with Gasteiger partial charge < -0.3 is 20.3 Å². The van der Waals surface area contributed by atoms with Crippen LogP contribution in [0, 0.1) is 0 Å². The van der Waals surface area contributed by atoms with E-state index in [1.807, 2.05) is 48.5 Å². The molecule has 0 aromatic heterocycles. The molecular weight excluding hydrogens is 312 g/mol. The number of unbranched alkanes of at least 4 members (excludes halogenated alkanes) is 3. The average Bonchev–Trinajstić information content (AvgIpc) is 2.66. The van der Waals surface area contributed by atoms with E-state index in [0.717, 1.165) is 55.4 Å². The van der Waals surface area contributed by atoms with Gasteiger partial charge in [0.05, 0.1) is 24.6 Å². The summed E-state index contributed by atoms with van der Waals surface area (Å²) < 4.78 is 11.4. The molecule has 0 aliphatic heterocycles. The van der Waals surface area contributed by atoms with E-state index in [-0.39, 0.29) is 0 Å². The molecule has 0 saturated carbocycles. The van der Waals surface area contributed by atoms with Crippen molar-refractivity contribution in [1.29, 1.82) is 0 Å². The molecule has 0 atom stereocenters. The molecule has 0 fully saturated rings. The molecule has 2 rings (SSSR count). The monoisotopic (exact) mass is 342 g/mol. The molecule has 25 heavy (non-hydrogen) atoms. The minimum Gasteiger partial charge on any atom is -0.494 e. The fourth-order valence-corrected chi connectivity index (χ4v) is 2.29. The SMILES string of the molecule is CCCCCOc1ccc(NNc2ccc(OCCCC)cc2)cc1. The van der Waals surface area contributed by atoms with Crippen LogP contribution in [0.1, 0.15) is 46.0 Å². The molecule has 0 bridgehead atoms. The molecule has 2 aromatic rings. The summed E-state index contributed by atoms with van der Waals surface area (Å²) in [5.74, 6) is 1.82. The molecule has 0 radical (unpaired) electrons. The number of hydrazine groups is 1. The molecule has 0 unspecified atom stereocenters. The topological polar surface area (TPSA) is 42.5 Å². The molecule has 0 spiro atoms. The highest BCUT2D eigenvalue weighted by molar-refractivity contribution is 5.54. The maximum absolute atomic E-state index is 5.72. The quantitative estimate of drug-likeness (QED) is 0.374. The van der Waals surface area contributed by atoms with Crippen LogP contribution in [0.15, 0.2) is 48.5 Å². The van der Waals surface area contributed by atoms with Gasteiger partial charge in [-0.2, -0.15) is 0 Å². The Morgan fingerprint density at radius 3 is 1.48 bits per heavy atom. The summed E-state index contributed by atoms with van der Waals surface area (Å²) in [5, 5.41) is 0. The first kappa shape index (κ1) is 19.0. The summed E-state index contributed by atoms with van der Waals surface area (Å²) in [5.41, 5.74) is 8.36. The summed E-state index contributed by atoms with van der Waals surface area (Å²) in [6.45, 7) is 5.91. The molecule has 136 valence electrons. The zero-order valence-electron chi connectivity index (χ0n) is 15.4. The zero-order chi connectivity index (χ0) is 17.7. The lowest BCUT2D eigenvalue weighted by atomic mass is 10.2. The third kappa shape index (κ3) is 7.38. The first-order chi connectivity index (χ1) is 12.3. The molecular formula is C21H30N2O2. The molecule has 0 aliphatic rings. The fraction of sp³-hybridized carbons (Fsp3) is 0.429. The summed E-state index contributed by atoms with van der Waals surface area (Å²) in [6, 6.07) is 15.9. The van der Waals surface area contributed by atoms with Crippen molar-refractivity contribution in [2.45, 2.75) is 46.0 Å². The molecule has 0 heterocycles. The van der Waals surface area contributed by atoms with Crippen molar-refractivity contribution in [3.63, 3.8) is 0 Å². The van der Waals surface area contributed by atoms with Gasteiger partial charge in [-0.05, 0) is 61.4 Å². The van der Waals surface area contributed by atoms with Gasteiger partial charge in [-0.15, -0.1) is 0 Å². The van der Waals surface area contributed by atoms with Crippen LogP contribution >= 0.6 is 0 Å². The van der Waals surface area contributed by atoms with Gasteiger partial charge in [0.25, 0.3) is 0 Å². The number of benzene rings is 2. The Bertz CT molecular complexity index is 582. The van der Waals surface area contributed by atoms with Crippen LogP contribution in [0.3, 0.4) is 0 Å². The first-order valence-electron chi connectivity index (χ1n) is 9.29. The molecule has 0 amide bonds. The second kappa shape index (κ2) is 11.2. The molecule has 4 heteroatoms. The Balaban J connectivity index is 1.73. The highest BCUT2D eigenvalue weighted by Crippen LogP contribution is 2.19. The number of rotatable bonds is 12. The van der Waals surface area contributed by atoms with Gasteiger partial charge in [-0.3, -0.25) is 0 Å². The lowest BCUT2D eigenvalue weighted by molar-refractivity contribution is 0.306. The summed E-state index contributed by atoms with van der Waals surface area (Å²) >= 11 is 0. The molecule has 2 aromatic carbocycles. The number of ether oxygens (including phenoxy) is 2. The maximum atomic E-state index is 5.72. The third-order valence-electron chi connectivity index (χ3n) is 3.84. The van der Waals surface area contributed by atoms with Crippen LogP contribution in [0.25, 0.3) is 0 Å². The Morgan fingerprint density at radius 1 is 0.600 bits per heavy atom. The lowest BCUT2D eigenvalue weighted by Crippen LogP contribution is -2.08. The summed E-state index contributed by atoms with van der Waals surface area (Å²) in [4.78, 5) is 0. The van der Waals surface area contributed by atoms with E-state index in [1.54, 1.807) is 0 Å². The van der Waals surface area contributed by atoms with Gasteiger partial charge in [0.2, 0.25) is 0 Å². The lowest BCUT2D eigenvalue weighted by Gasteiger charge is -2.12. The summed E-state index contributed by atoms with van der Waals surface area (Å²) in [6.07, 6.45) is 5.76. The average molecular weight is 342 g/mol. The van der Waals surface area contributed by atoms with E-state index in [2.05, 4.69) is 24.7 Å². The van der Waals surface area contributed by atoms with Gasteiger partial charge >= 0.3 is 0 Å². The van der Waals surface area contributed by atoms with Crippen LogP contribution in [-0.4, -0.2) is 13.2 Å². The maximum Gasteiger partial charge on any atom is 0.119 e. The van der Waals surface area contributed by atoms with Crippen molar-refractivity contribution in [2.24, 2.45) is 0 Å². The van der Waals surface area contributed by atoms with Crippen molar-refractivity contribution >= 4 is 11.4 Å².